The highest BCUT2D eigenvalue weighted by Gasteiger charge is 2.14. The quantitative estimate of drug-likeness (QED) is 0.699. The van der Waals surface area contributed by atoms with Crippen molar-refractivity contribution in [3.8, 4) is 5.75 Å². The molecule has 1 N–H and O–H groups in total. The van der Waals surface area contributed by atoms with Gasteiger partial charge in [-0.3, -0.25) is 0 Å². The maximum atomic E-state index is 11.1. The van der Waals surface area contributed by atoms with Crippen molar-refractivity contribution in [1.29, 1.82) is 0 Å². The largest absolute Gasteiger partial charge is 0.494 e. The Labute approximate surface area is 144 Å². The van der Waals surface area contributed by atoms with Gasteiger partial charge in [0.1, 0.15) is 5.75 Å². The fraction of sp³-hybridized carbons (Fsp3) is 0.381. The van der Waals surface area contributed by atoms with Gasteiger partial charge < -0.3 is 9.84 Å². The number of hydrogen-bond acceptors (Lipinski definition) is 2. The summed E-state index contributed by atoms with van der Waals surface area (Å²) in [5.74, 6) is 0.819. The molecule has 0 amide bonds. The number of hydrogen-bond donors (Lipinski definition) is 1. The SMILES string of the molecule is CCOc1ccccc1C(C)CCC(C)c1cccc(C(=O)O)c1. The van der Waals surface area contributed by atoms with E-state index in [2.05, 4.69) is 19.9 Å². The van der Waals surface area contributed by atoms with Crippen molar-refractivity contribution in [1.82, 2.24) is 0 Å². The summed E-state index contributed by atoms with van der Waals surface area (Å²) in [6.45, 7) is 7.04. The Hall–Kier alpha value is -2.29. The van der Waals surface area contributed by atoms with Crippen molar-refractivity contribution in [2.24, 2.45) is 0 Å². The van der Waals surface area contributed by atoms with E-state index in [1.807, 2.05) is 37.3 Å². The van der Waals surface area contributed by atoms with Gasteiger partial charge in [0.2, 0.25) is 0 Å². The third-order valence-electron chi connectivity index (χ3n) is 4.49. The highest BCUT2D eigenvalue weighted by atomic mass is 16.5. The van der Waals surface area contributed by atoms with Crippen molar-refractivity contribution in [2.75, 3.05) is 6.61 Å². The second kappa shape index (κ2) is 8.53. The molecule has 0 radical (unpaired) electrons. The molecule has 2 unspecified atom stereocenters. The normalized spacial score (nSPS) is 13.3. The van der Waals surface area contributed by atoms with Gasteiger partial charge in [-0.25, -0.2) is 4.79 Å². The molecule has 0 aliphatic rings. The molecule has 0 aromatic heterocycles. The third kappa shape index (κ3) is 4.60. The molecule has 2 atom stereocenters. The number of carboxylic acids is 1. The number of para-hydroxylation sites is 1. The minimum atomic E-state index is -0.872. The number of ether oxygens (including phenoxy) is 1. The van der Waals surface area contributed by atoms with Crippen LogP contribution in [0, 0.1) is 0 Å². The lowest BCUT2D eigenvalue weighted by atomic mass is 9.88. The molecule has 3 nitrogen and oxygen atoms in total. The average Bonchev–Trinajstić information content (AvgIpc) is 2.60. The van der Waals surface area contributed by atoms with Gasteiger partial charge in [-0.1, -0.05) is 44.2 Å². The lowest BCUT2D eigenvalue weighted by molar-refractivity contribution is 0.0696. The smallest absolute Gasteiger partial charge is 0.335 e. The van der Waals surface area contributed by atoms with Gasteiger partial charge in [-0.05, 0) is 60.9 Å². The summed E-state index contributed by atoms with van der Waals surface area (Å²) in [5, 5.41) is 9.12. The maximum absolute atomic E-state index is 11.1. The summed E-state index contributed by atoms with van der Waals surface area (Å²) in [6, 6.07) is 15.5. The van der Waals surface area contributed by atoms with Crippen LogP contribution in [-0.4, -0.2) is 17.7 Å². The molecule has 0 heterocycles. The first-order valence-corrected chi connectivity index (χ1v) is 8.57. The Bertz CT molecular complexity index is 678. The monoisotopic (exact) mass is 326 g/mol. The van der Waals surface area contributed by atoms with Crippen molar-refractivity contribution >= 4 is 5.97 Å². The van der Waals surface area contributed by atoms with Gasteiger partial charge in [-0.15, -0.1) is 0 Å². The molecule has 24 heavy (non-hydrogen) atoms. The summed E-state index contributed by atoms with van der Waals surface area (Å²) in [6.07, 6.45) is 2.03. The Morgan fingerprint density at radius 2 is 1.75 bits per heavy atom. The van der Waals surface area contributed by atoms with E-state index in [1.54, 1.807) is 12.1 Å². The molecule has 0 aliphatic heterocycles. The first kappa shape index (κ1) is 18.1. The zero-order valence-corrected chi connectivity index (χ0v) is 14.7. The molecule has 0 spiro atoms. The van der Waals surface area contributed by atoms with Crippen molar-refractivity contribution in [3.63, 3.8) is 0 Å². The maximum Gasteiger partial charge on any atom is 0.335 e. The predicted molar refractivity (Wildman–Crippen MR) is 97.1 cm³/mol. The van der Waals surface area contributed by atoms with Crippen LogP contribution in [0.3, 0.4) is 0 Å². The first-order valence-electron chi connectivity index (χ1n) is 8.57. The Balaban J connectivity index is 2.02. The van der Waals surface area contributed by atoms with Crippen LogP contribution < -0.4 is 4.74 Å². The van der Waals surface area contributed by atoms with E-state index in [-0.39, 0.29) is 0 Å². The highest BCUT2D eigenvalue weighted by Crippen LogP contribution is 2.32. The number of aromatic carboxylic acids is 1. The Morgan fingerprint density at radius 1 is 1.04 bits per heavy atom. The summed E-state index contributed by atoms with van der Waals surface area (Å²) in [5.41, 5.74) is 2.68. The molecular weight excluding hydrogens is 300 g/mol. The number of carboxylic acid groups (broad SMARTS) is 1. The molecule has 3 heteroatoms. The van der Waals surface area contributed by atoms with Crippen molar-refractivity contribution < 1.29 is 14.6 Å². The van der Waals surface area contributed by atoms with Crippen LogP contribution in [0.25, 0.3) is 0 Å². The van der Waals surface area contributed by atoms with Crippen LogP contribution in [0.4, 0.5) is 0 Å². The second-order valence-electron chi connectivity index (χ2n) is 6.28. The van der Waals surface area contributed by atoms with E-state index in [9.17, 15) is 4.79 Å². The standard InChI is InChI=1S/C21H26O3/c1-4-24-20-11-6-5-10-19(20)16(3)13-12-15(2)17-8-7-9-18(14-17)21(22)23/h5-11,14-16H,4,12-13H2,1-3H3,(H,22,23). The van der Waals surface area contributed by atoms with Crippen LogP contribution >= 0.6 is 0 Å². The minimum absolute atomic E-state index is 0.325. The highest BCUT2D eigenvalue weighted by molar-refractivity contribution is 5.87. The van der Waals surface area contributed by atoms with Crippen molar-refractivity contribution in [2.45, 2.75) is 45.4 Å². The number of rotatable bonds is 8. The molecule has 128 valence electrons. The first-order chi connectivity index (χ1) is 11.5. The number of carbonyl (C=O) groups is 1. The van der Waals surface area contributed by atoms with Crippen LogP contribution in [0.1, 0.15) is 66.9 Å². The fourth-order valence-corrected chi connectivity index (χ4v) is 2.97. The Kier molecular flexibility index (Phi) is 6.42. The minimum Gasteiger partial charge on any atom is -0.494 e. The van der Waals surface area contributed by atoms with Crippen LogP contribution in [0.5, 0.6) is 5.75 Å². The summed E-state index contributed by atoms with van der Waals surface area (Å²) in [4.78, 5) is 11.1. The van der Waals surface area contributed by atoms with E-state index in [4.69, 9.17) is 9.84 Å². The van der Waals surface area contributed by atoms with E-state index in [0.717, 1.165) is 24.2 Å². The lowest BCUT2D eigenvalue weighted by Crippen LogP contribution is -2.03. The zero-order valence-electron chi connectivity index (χ0n) is 14.7. The van der Waals surface area contributed by atoms with Gasteiger partial charge in [0.15, 0.2) is 0 Å². The van der Waals surface area contributed by atoms with Crippen LogP contribution in [0.15, 0.2) is 48.5 Å². The average molecular weight is 326 g/mol. The van der Waals surface area contributed by atoms with E-state index < -0.39 is 5.97 Å². The molecule has 0 saturated carbocycles. The molecule has 0 bridgehead atoms. The molecule has 0 fully saturated rings. The zero-order chi connectivity index (χ0) is 17.5. The fourth-order valence-electron chi connectivity index (χ4n) is 2.97. The van der Waals surface area contributed by atoms with Gasteiger partial charge in [0, 0.05) is 0 Å². The van der Waals surface area contributed by atoms with Crippen LogP contribution in [0.2, 0.25) is 0 Å². The summed E-state index contributed by atoms with van der Waals surface area (Å²) in [7, 11) is 0. The van der Waals surface area contributed by atoms with Gasteiger partial charge >= 0.3 is 5.97 Å². The molecule has 0 saturated heterocycles. The van der Waals surface area contributed by atoms with Gasteiger partial charge in [0.05, 0.1) is 12.2 Å². The van der Waals surface area contributed by atoms with Crippen molar-refractivity contribution in [3.05, 3.63) is 65.2 Å². The predicted octanol–water partition coefficient (Wildman–Crippen LogP) is 5.47. The van der Waals surface area contributed by atoms with E-state index in [0.29, 0.717) is 24.0 Å². The molecular formula is C21H26O3. The van der Waals surface area contributed by atoms with Crippen LogP contribution in [-0.2, 0) is 0 Å². The number of benzene rings is 2. The topological polar surface area (TPSA) is 46.5 Å². The molecule has 0 aliphatic carbocycles. The molecule has 2 aromatic rings. The van der Waals surface area contributed by atoms with E-state index >= 15 is 0 Å². The third-order valence-corrected chi connectivity index (χ3v) is 4.49. The second-order valence-corrected chi connectivity index (χ2v) is 6.28. The summed E-state index contributed by atoms with van der Waals surface area (Å²) < 4.78 is 5.73. The molecule has 2 rings (SSSR count). The summed E-state index contributed by atoms with van der Waals surface area (Å²) >= 11 is 0. The lowest BCUT2D eigenvalue weighted by Gasteiger charge is -2.19. The van der Waals surface area contributed by atoms with E-state index in [1.165, 1.54) is 5.56 Å². The van der Waals surface area contributed by atoms with Gasteiger partial charge in [0.25, 0.3) is 0 Å². The Morgan fingerprint density at radius 3 is 2.46 bits per heavy atom. The van der Waals surface area contributed by atoms with Gasteiger partial charge in [-0.2, -0.15) is 0 Å². The molecule has 2 aromatic carbocycles.